The van der Waals surface area contributed by atoms with Gasteiger partial charge in [0.05, 0.1) is 11.3 Å². The molecule has 48 heavy (non-hydrogen) atoms. The van der Waals surface area contributed by atoms with Crippen LogP contribution in [0, 0.1) is 39.6 Å². The number of hydrogen-bond donors (Lipinski definition) is 0. The van der Waals surface area contributed by atoms with E-state index in [2.05, 4.69) is 95.8 Å². The molecule has 0 amide bonds. The van der Waals surface area contributed by atoms with Gasteiger partial charge in [0.15, 0.2) is 0 Å². The Morgan fingerprint density at radius 2 is 1.38 bits per heavy atom. The first-order valence-electron chi connectivity index (χ1n) is 15.6. The van der Waals surface area contributed by atoms with Crippen molar-refractivity contribution in [2.45, 2.75) is 20.8 Å². The van der Waals surface area contributed by atoms with E-state index in [1.807, 2.05) is 83.3 Å². The van der Waals surface area contributed by atoms with Crippen molar-refractivity contribution in [2.75, 3.05) is 9.80 Å². The first-order chi connectivity index (χ1) is 23.1. The maximum absolute atomic E-state index is 4.81. The molecule has 0 atom stereocenters. The van der Waals surface area contributed by atoms with Gasteiger partial charge in [0.1, 0.15) is 11.6 Å². The standard InChI is InChI=1S/C24H19N2.C17H12N4.Ir/c1-15-11-12-21-20(13-15)18-9-4-5-10-19(18)24-25-14-22(26(21)24)23-16(2)7-6-8-17(23)3;1-3-7-14(8-4-1)20-13-21(15-9-5-2-6-10-15)17-16(20)18-11-12-19-17;/h4-9,11-14H,1-3H3;1-9,11-13H;/q-1;-2;+3. The van der Waals surface area contributed by atoms with Gasteiger partial charge in [0.2, 0.25) is 0 Å². The zero-order chi connectivity index (χ0) is 31.9. The van der Waals surface area contributed by atoms with Gasteiger partial charge in [0, 0.05) is 35.4 Å². The van der Waals surface area contributed by atoms with Crippen LogP contribution in [0.15, 0.2) is 128 Å². The van der Waals surface area contributed by atoms with Crippen molar-refractivity contribution in [3.63, 3.8) is 0 Å². The molecule has 0 saturated heterocycles. The Hall–Kier alpha value is -5.36. The van der Waals surface area contributed by atoms with Gasteiger partial charge in [-0.15, -0.1) is 42.0 Å². The number of para-hydroxylation sites is 2. The van der Waals surface area contributed by atoms with Crippen molar-refractivity contribution < 1.29 is 20.1 Å². The van der Waals surface area contributed by atoms with Crippen LogP contribution in [-0.4, -0.2) is 19.4 Å². The number of anilines is 4. The van der Waals surface area contributed by atoms with Crippen molar-refractivity contribution in [3.05, 3.63) is 163 Å². The van der Waals surface area contributed by atoms with E-state index in [0.717, 1.165) is 39.7 Å². The van der Waals surface area contributed by atoms with Gasteiger partial charge in [-0.25, -0.2) is 9.97 Å². The summed E-state index contributed by atoms with van der Waals surface area (Å²) >= 11 is 0. The zero-order valence-corrected chi connectivity index (χ0v) is 29.1. The average Bonchev–Trinajstić information content (AvgIpc) is 3.73. The van der Waals surface area contributed by atoms with Gasteiger partial charge in [-0.05, 0) is 55.5 Å². The monoisotopic (exact) mass is 800 g/mol. The van der Waals surface area contributed by atoms with E-state index in [4.69, 9.17) is 4.98 Å². The summed E-state index contributed by atoms with van der Waals surface area (Å²) in [5, 5.41) is 3.52. The third-order valence-corrected chi connectivity index (χ3v) is 8.60. The van der Waals surface area contributed by atoms with Crippen LogP contribution in [0.3, 0.4) is 0 Å². The summed E-state index contributed by atoms with van der Waals surface area (Å²) in [7, 11) is 0. The molecule has 0 N–H and O–H groups in total. The molecule has 0 saturated carbocycles. The van der Waals surface area contributed by atoms with Crippen LogP contribution >= 0.6 is 0 Å². The number of imidazole rings is 1. The predicted octanol–water partition coefficient (Wildman–Crippen LogP) is 9.72. The minimum absolute atomic E-state index is 0. The van der Waals surface area contributed by atoms with Gasteiger partial charge < -0.3 is 14.2 Å². The third kappa shape index (κ3) is 5.41. The second-order valence-electron chi connectivity index (χ2n) is 11.7. The fraction of sp³-hybridized carbons (Fsp3) is 0.0732. The molecule has 0 radical (unpaired) electrons. The fourth-order valence-electron chi connectivity index (χ4n) is 6.45. The Kier molecular flexibility index (Phi) is 8.49. The molecular formula is C41H31IrN6. The molecule has 0 unspecified atom stereocenters. The largest absolute Gasteiger partial charge is 3.00 e. The molecule has 0 aliphatic carbocycles. The number of rotatable bonds is 3. The van der Waals surface area contributed by atoms with Crippen LogP contribution in [0.1, 0.15) is 16.7 Å². The van der Waals surface area contributed by atoms with E-state index < -0.39 is 0 Å². The average molecular weight is 800 g/mol. The molecule has 3 aromatic heterocycles. The SMILES string of the molecule is Cc1ccc2c(c1)c1ccc[c-]c1c1ncc(-c3c(C)cccc3C)n21.[Ir+3].[c-]1ccccc1N1[CH-]N(c2ccccc2)c2nccnc21. The van der Waals surface area contributed by atoms with Crippen molar-refractivity contribution in [3.8, 4) is 11.3 Å². The summed E-state index contributed by atoms with van der Waals surface area (Å²) in [5.41, 5.74) is 10.3. The Labute approximate surface area is 293 Å². The minimum Gasteiger partial charge on any atom is -0.477 e. The number of nitrogens with zero attached hydrogens (tertiary/aromatic N) is 6. The summed E-state index contributed by atoms with van der Waals surface area (Å²) in [6, 6.07) is 43.9. The normalized spacial score (nSPS) is 12.1. The smallest absolute Gasteiger partial charge is 0.477 e. The fourth-order valence-corrected chi connectivity index (χ4v) is 6.45. The maximum Gasteiger partial charge on any atom is 3.00 e. The van der Waals surface area contributed by atoms with Crippen molar-refractivity contribution in [2.24, 2.45) is 0 Å². The van der Waals surface area contributed by atoms with Crippen molar-refractivity contribution >= 4 is 50.3 Å². The predicted molar refractivity (Wildman–Crippen MR) is 191 cm³/mol. The van der Waals surface area contributed by atoms with Crippen LogP contribution < -0.4 is 9.80 Å². The molecule has 4 heterocycles. The molecule has 8 aromatic rings. The first-order valence-corrected chi connectivity index (χ1v) is 15.6. The van der Waals surface area contributed by atoms with E-state index in [1.165, 1.54) is 38.5 Å². The number of aromatic nitrogens is 4. The third-order valence-electron chi connectivity index (χ3n) is 8.60. The van der Waals surface area contributed by atoms with E-state index >= 15 is 0 Å². The summed E-state index contributed by atoms with van der Waals surface area (Å²) < 4.78 is 2.29. The number of aryl methyl sites for hydroxylation is 3. The second kappa shape index (κ2) is 13.0. The molecule has 0 spiro atoms. The summed E-state index contributed by atoms with van der Waals surface area (Å²) in [4.78, 5) is 17.8. The Balaban J connectivity index is 0.000000152. The maximum atomic E-state index is 4.81. The molecule has 1 aliphatic heterocycles. The van der Waals surface area contributed by atoms with Crippen LogP contribution in [0.2, 0.25) is 0 Å². The number of benzene rings is 5. The van der Waals surface area contributed by atoms with Crippen LogP contribution in [-0.2, 0) is 20.1 Å². The van der Waals surface area contributed by atoms with Gasteiger partial charge in [0.25, 0.3) is 0 Å². The molecule has 9 rings (SSSR count). The molecule has 7 heteroatoms. The summed E-state index contributed by atoms with van der Waals surface area (Å²) in [6.45, 7) is 8.47. The molecular weight excluding hydrogens is 769 g/mol. The molecule has 5 aromatic carbocycles. The van der Waals surface area contributed by atoms with E-state index in [0.29, 0.717) is 0 Å². The quantitative estimate of drug-likeness (QED) is 0.132. The minimum atomic E-state index is 0. The molecule has 234 valence electrons. The van der Waals surface area contributed by atoms with Gasteiger partial charge in [-0.3, -0.25) is 4.98 Å². The van der Waals surface area contributed by atoms with Gasteiger partial charge in [-0.1, -0.05) is 59.5 Å². The van der Waals surface area contributed by atoms with E-state index in [-0.39, 0.29) is 20.1 Å². The van der Waals surface area contributed by atoms with Gasteiger partial charge >= 0.3 is 20.1 Å². The van der Waals surface area contributed by atoms with Crippen molar-refractivity contribution in [1.82, 2.24) is 19.4 Å². The van der Waals surface area contributed by atoms with Crippen molar-refractivity contribution in [1.29, 1.82) is 0 Å². The summed E-state index contributed by atoms with van der Waals surface area (Å²) in [5.74, 6) is 1.63. The second-order valence-corrected chi connectivity index (χ2v) is 11.7. The zero-order valence-electron chi connectivity index (χ0n) is 26.7. The number of fused-ring (bicyclic) bond motifs is 7. The summed E-state index contributed by atoms with van der Waals surface area (Å²) in [6.07, 6.45) is 5.42. The van der Waals surface area contributed by atoms with E-state index in [1.54, 1.807) is 12.4 Å². The first kappa shape index (κ1) is 31.2. The number of hydrogen-bond acceptors (Lipinski definition) is 5. The molecule has 1 aliphatic rings. The molecule has 0 bridgehead atoms. The van der Waals surface area contributed by atoms with Crippen LogP contribution in [0.4, 0.5) is 23.0 Å². The van der Waals surface area contributed by atoms with E-state index in [9.17, 15) is 0 Å². The Bertz CT molecular complexity index is 2300. The van der Waals surface area contributed by atoms with Gasteiger partial charge in [-0.2, -0.15) is 30.3 Å². The van der Waals surface area contributed by atoms with Crippen LogP contribution in [0.25, 0.3) is 38.6 Å². The Morgan fingerprint density at radius 1 is 0.646 bits per heavy atom. The number of pyridine rings is 1. The molecule has 6 nitrogen and oxygen atoms in total. The van der Waals surface area contributed by atoms with Crippen LogP contribution in [0.5, 0.6) is 0 Å². The topological polar surface area (TPSA) is 49.6 Å². The molecule has 0 fully saturated rings. The Morgan fingerprint density at radius 3 is 2.12 bits per heavy atom.